The molecule has 35 heavy (non-hydrogen) atoms. The van der Waals surface area contributed by atoms with Gasteiger partial charge in [0.25, 0.3) is 0 Å². The molecule has 1 heterocycles. The summed E-state index contributed by atoms with van der Waals surface area (Å²) in [6, 6.07) is 3.78. The fourth-order valence-electron chi connectivity index (χ4n) is 10.2. The molecule has 6 rings (SSSR count). The minimum Gasteiger partial charge on any atom is -0.381 e. The van der Waals surface area contributed by atoms with E-state index in [4.69, 9.17) is 10.00 Å². The van der Waals surface area contributed by atoms with Crippen molar-refractivity contribution in [2.75, 3.05) is 13.2 Å². The molecule has 3 unspecified atom stereocenters. The van der Waals surface area contributed by atoms with Crippen LogP contribution in [0, 0.1) is 63.6 Å². The van der Waals surface area contributed by atoms with Gasteiger partial charge in [-0.1, -0.05) is 6.92 Å². The summed E-state index contributed by atoms with van der Waals surface area (Å²) < 4.78 is 7.55. The van der Waals surface area contributed by atoms with E-state index >= 15 is 0 Å². The summed E-state index contributed by atoms with van der Waals surface area (Å²) in [4.78, 5) is 13.5. The number of nitrogens with zero attached hydrogens (tertiary/aromatic N) is 3. The summed E-state index contributed by atoms with van der Waals surface area (Å²) in [6.45, 7) is 6.72. The quantitative estimate of drug-likeness (QED) is 0.481. The highest BCUT2D eigenvalue weighted by molar-refractivity contribution is 5.82. The summed E-state index contributed by atoms with van der Waals surface area (Å²) in [6.07, 6.45) is 16.6. The Morgan fingerprint density at radius 1 is 1.11 bits per heavy atom. The maximum Gasteiger partial charge on any atom is 0.162 e. The van der Waals surface area contributed by atoms with Crippen molar-refractivity contribution in [2.45, 2.75) is 91.0 Å². The third kappa shape index (κ3) is 3.81. The van der Waals surface area contributed by atoms with Gasteiger partial charge in [-0.05, 0) is 130 Å². The van der Waals surface area contributed by atoms with E-state index in [2.05, 4.69) is 25.0 Å². The van der Waals surface area contributed by atoms with Crippen LogP contribution in [0.15, 0.2) is 12.3 Å². The SMILES string of the molecule is CCOC[C@H]1CCC2(C3CC3)C3CC[C@@]4(C)C(CC[C@@H]4C(=O)Cn4ccc(C#N)n4)[C@@H]3CC[C@@H]2C1. The molecule has 0 saturated heterocycles. The highest BCUT2D eigenvalue weighted by atomic mass is 16.5. The normalized spacial score (nSPS) is 42.5. The highest BCUT2D eigenvalue weighted by Gasteiger charge is 2.65. The number of carbonyl (C=O) groups is 1. The number of hydrogen-bond acceptors (Lipinski definition) is 4. The van der Waals surface area contributed by atoms with Crippen molar-refractivity contribution in [1.29, 1.82) is 5.26 Å². The maximum absolute atomic E-state index is 13.5. The van der Waals surface area contributed by atoms with E-state index in [0.717, 1.165) is 49.2 Å². The molecule has 8 atom stereocenters. The van der Waals surface area contributed by atoms with Crippen LogP contribution in [0.4, 0.5) is 0 Å². The van der Waals surface area contributed by atoms with Crippen molar-refractivity contribution in [3.63, 3.8) is 0 Å². The van der Waals surface area contributed by atoms with Crippen molar-refractivity contribution in [1.82, 2.24) is 9.78 Å². The molecular weight excluding hydrogens is 434 g/mol. The van der Waals surface area contributed by atoms with Crippen LogP contribution in [0.1, 0.15) is 90.2 Å². The number of Topliss-reactive ketones (excluding diaryl/α,β-unsaturated/α-hetero) is 1. The number of nitriles is 1. The molecule has 190 valence electrons. The molecule has 0 bridgehead atoms. The van der Waals surface area contributed by atoms with Gasteiger partial charge in [-0.3, -0.25) is 9.48 Å². The minimum absolute atomic E-state index is 0.146. The summed E-state index contributed by atoms with van der Waals surface area (Å²) in [7, 11) is 0. The summed E-state index contributed by atoms with van der Waals surface area (Å²) in [5, 5.41) is 13.3. The first-order chi connectivity index (χ1) is 17.0. The second-order valence-electron chi connectivity index (χ2n) is 13.0. The van der Waals surface area contributed by atoms with Gasteiger partial charge in [-0.25, -0.2) is 0 Å². The van der Waals surface area contributed by atoms with Crippen molar-refractivity contribution in [3.05, 3.63) is 18.0 Å². The predicted octanol–water partition coefficient (Wildman–Crippen LogP) is 6.03. The maximum atomic E-state index is 13.5. The summed E-state index contributed by atoms with van der Waals surface area (Å²) in [5.74, 6) is 5.57. The van der Waals surface area contributed by atoms with E-state index in [1.165, 1.54) is 64.2 Å². The molecule has 5 nitrogen and oxygen atoms in total. The Hall–Kier alpha value is -1.67. The molecule has 1 aromatic heterocycles. The summed E-state index contributed by atoms with van der Waals surface area (Å²) >= 11 is 0. The first-order valence-electron chi connectivity index (χ1n) is 14.5. The van der Waals surface area contributed by atoms with Gasteiger partial charge >= 0.3 is 0 Å². The Bertz CT molecular complexity index is 992. The topological polar surface area (TPSA) is 67.9 Å². The van der Waals surface area contributed by atoms with Crippen molar-refractivity contribution in [3.8, 4) is 6.07 Å². The van der Waals surface area contributed by atoms with Gasteiger partial charge in [0.15, 0.2) is 11.5 Å². The van der Waals surface area contributed by atoms with Crippen LogP contribution in [-0.4, -0.2) is 28.8 Å². The van der Waals surface area contributed by atoms with Crippen LogP contribution in [-0.2, 0) is 16.1 Å². The molecule has 0 aliphatic heterocycles. The van der Waals surface area contributed by atoms with Crippen LogP contribution >= 0.6 is 0 Å². The van der Waals surface area contributed by atoms with Crippen LogP contribution in [0.3, 0.4) is 0 Å². The second-order valence-corrected chi connectivity index (χ2v) is 13.0. The Balaban J connectivity index is 1.20. The highest BCUT2D eigenvalue weighted by Crippen LogP contribution is 2.72. The number of ketones is 1. The molecular formula is C30H43N3O2. The lowest BCUT2D eigenvalue weighted by molar-refractivity contribution is -0.148. The van der Waals surface area contributed by atoms with E-state index in [1.807, 2.05) is 0 Å². The Kier molecular flexibility index (Phi) is 6.11. The van der Waals surface area contributed by atoms with Gasteiger partial charge in [0, 0.05) is 25.3 Å². The van der Waals surface area contributed by atoms with E-state index < -0.39 is 0 Å². The molecule has 5 heteroatoms. The molecule has 0 aromatic carbocycles. The molecule has 5 aliphatic carbocycles. The van der Waals surface area contributed by atoms with E-state index in [9.17, 15) is 4.79 Å². The third-order valence-corrected chi connectivity index (χ3v) is 11.7. The van der Waals surface area contributed by atoms with Crippen LogP contribution in [0.5, 0.6) is 0 Å². The van der Waals surface area contributed by atoms with E-state index in [1.54, 1.807) is 16.9 Å². The molecule has 5 fully saturated rings. The Morgan fingerprint density at radius 3 is 2.69 bits per heavy atom. The molecule has 1 aromatic rings. The number of rotatable bonds is 7. The zero-order valence-corrected chi connectivity index (χ0v) is 21.8. The lowest BCUT2D eigenvalue weighted by Gasteiger charge is -2.62. The predicted molar refractivity (Wildman–Crippen MR) is 134 cm³/mol. The molecule has 5 aliphatic rings. The fraction of sp³-hybridized carbons (Fsp3) is 0.833. The third-order valence-electron chi connectivity index (χ3n) is 11.7. The van der Waals surface area contributed by atoms with Crippen molar-refractivity contribution < 1.29 is 9.53 Å². The first kappa shape index (κ1) is 23.7. The largest absolute Gasteiger partial charge is 0.381 e. The fourth-order valence-corrected chi connectivity index (χ4v) is 10.2. The van der Waals surface area contributed by atoms with Gasteiger partial charge < -0.3 is 4.74 Å². The second kappa shape index (κ2) is 9.02. The number of carbonyl (C=O) groups excluding carboxylic acids is 1. The van der Waals surface area contributed by atoms with Crippen LogP contribution in [0.2, 0.25) is 0 Å². The molecule has 0 amide bonds. The number of aromatic nitrogens is 2. The summed E-state index contributed by atoms with van der Waals surface area (Å²) in [5.41, 5.74) is 1.14. The average Bonchev–Trinajstić information content (AvgIpc) is 3.52. The standard InChI is InChI=1S/C30H43N3O2/c1-3-35-19-20-10-14-30(21-4-5-21)22(16-20)6-7-24-25-8-9-27(29(25,2)13-11-26(24)30)28(34)18-33-15-12-23(17-31)32-33/h12,15,20-22,24-27H,3-11,13-14,16,18-19H2,1-2H3/t20-,22+,24-,25?,26?,27+,29-,30?/m0/s1. The van der Waals surface area contributed by atoms with Gasteiger partial charge in [0.05, 0.1) is 6.54 Å². The van der Waals surface area contributed by atoms with Gasteiger partial charge in [-0.15, -0.1) is 0 Å². The molecule has 0 radical (unpaired) electrons. The number of fused-ring (bicyclic) bond motifs is 5. The Labute approximate surface area is 211 Å². The smallest absolute Gasteiger partial charge is 0.162 e. The lowest BCUT2D eigenvalue weighted by atomic mass is 9.42. The van der Waals surface area contributed by atoms with Gasteiger partial charge in [0.2, 0.25) is 0 Å². The van der Waals surface area contributed by atoms with E-state index in [-0.39, 0.29) is 11.3 Å². The average molecular weight is 478 g/mol. The zero-order chi connectivity index (χ0) is 24.2. The van der Waals surface area contributed by atoms with Crippen molar-refractivity contribution in [2.24, 2.45) is 52.3 Å². The van der Waals surface area contributed by atoms with Crippen molar-refractivity contribution >= 4 is 5.78 Å². The first-order valence-corrected chi connectivity index (χ1v) is 14.5. The molecule has 0 spiro atoms. The lowest BCUT2D eigenvalue weighted by Crippen LogP contribution is -2.56. The van der Waals surface area contributed by atoms with Gasteiger partial charge in [0.1, 0.15) is 6.07 Å². The van der Waals surface area contributed by atoms with Crippen LogP contribution < -0.4 is 0 Å². The zero-order valence-electron chi connectivity index (χ0n) is 21.8. The molecule has 0 N–H and O–H groups in total. The number of ether oxygens (including phenoxy) is 1. The molecule has 5 saturated carbocycles. The van der Waals surface area contributed by atoms with Crippen LogP contribution in [0.25, 0.3) is 0 Å². The Morgan fingerprint density at radius 2 is 1.94 bits per heavy atom. The monoisotopic (exact) mass is 477 g/mol. The number of hydrogen-bond donors (Lipinski definition) is 0. The van der Waals surface area contributed by atoms with Gasteiger partial charge in [-0.2, -0.15) is 10.4 Å². The van der Waals surface area contributed by atoms with E-state index in [0.29, 0.717) is 29.4 Å². The minimum atomic E-state index is 0.146.